The van der Waals surface area contributed by atoms with Crippen molar-refractivity contribution < 1.29 is 18.0 Å². The summed E-state index contributed by atoms with van der Waals surface area (Å²) in [5, 5.41) is 7.47. The van der Waals surface area contributed by atoms with Gasteiger partial charge < -0.3 is 5.32 Å². The summed E-state index contributed by atoms with van der Waals surface area (Å²) in [7, 11) is 0. The van der Waals surface area contributed by atoms with E-state index in [1.165, 1.54) is 18.6 Å². The summed E-state index contributed by atoms with van der Waals surface area (Å²) in [5.41, 5.74) is 2.12. The van der Waals surface area contributed by atoms with E-state index in [0.717, 1.165) is 54.9 Å². The maximum absolute atomic E-state index is 13.0. The van der Waals surface area contributed by atoms with Gasteiger partial charge in [-0.15, -0.1) is 0 Å². The van der Waals surface area contributed by atoms with Crippen LogP contribution in [0.2, 0.25) is 0 Å². The van der Waals surface area contributed by atoms with Crippen LogP contribution in [0.5, 0.6) is 0 Å². The van der Waals surface area contributed by atoms with Gasteiger partial charge in [-0.3, -0.25) is 4.79 Å². The predicted molar refractivity (Wildman–Crippen MR) is 113 cm³/mol. The summed E-state index contributed by atoms with van der Waals surface area (Å²) in [6.45, 7) is 2.21. The normalized spacial score (nSPS) is 19.5. The number of hydrogen-bond donors (Lipinski definition) is 1. The molecule has 0 unspecified atom stereocenters. The molecule has 4 rings (SSSR count). The van der Waals surface area contributed by atoms with Gasteiger partial charge in [0.25, 0.3) is 5.91 Å². The molecule has 0 atom stereocenters. The van der Waals surface area contributed by atoms with Gasteiger partial charge in [0.05, 0.1) is 22.8 Å². The second-order valence-electron chi connectivity index (χ2n) is 8.36. The smallest absolute Gasteiger partial charge is 0.349 e. The second-order valence-corrected chi connectivity index (χ2v) is 8.36. The van der Waals surface area contributed by atoms with Crippen LogP contribution in [0.15, 0.2) is 48.8 Å². The number of carbonyl (C=O) groups is 1. The first-order chi connectivity index (χ1) is 14.8. The van der Waals surface area contributed by atoms with Gasteiger partial charge in [-0.1, -0.05) is 31.5 Å². The van der Waals surface area contributed by atoms with E-state index in [2.05, 4.69) is 17.3 Å². The fourth-order valence-electron chi connectivity index (χ4n) is 4.43. The molecule has 0 bridgehead atoms. The Morgan fingerprint density at radius 3 is 2.48 bits per heavy atom. The van der Waals surface area contributed by atoms with Crippen LogP contribution in [0, 0.1) is 5.92 Å². The fourth-order valence-corrected chi connectivity index (χ4v) is 4.43. The number of amides is 1. The molecule has 0 aliphatic heterocycles. The largest absolute Gasteiger partial charge is 0.416 e. The Morgan fingerprint density at radius 1 is 1.13 bits per heavy atom. The molecule has 1 fully saturated rings. The Bertz CT molecular complexity index is 1050. The minimum absolute atomic E-state index is 0.144. The fraction of sp³-hybridized carbons (Fsp3) is 0.417. The van der Waals surface area contributed by atoms with E-state index in [9.17, 15) is 18.0 Å². The zero-order valence-electron chi connectivity index (χ0n) is 17.5. The van der Waals surface area contributed by atoms with Crippen molar-refractivity contribution in [1.82, 2.24) is 14.9 Å². The Kier molecular flexibility index (Phi) is 6.03. The molecule has 2 heterocycles. The summed E-state index contributed by atoms with van der Waals surface area (Å²) in [6.07, 6.45) is 4.82. The van der Waals surface area contributed by atoms with Crippen LogP contribution in [0.25, 0.3) is 5.52 Å². The molecule has 0 saturated heterocycles. The quantitative estimate of drug-likeness (QED) is 0.570. The Balaban J connectivity index is 1.54. The predicted octanol–water partition coefficient (Wildman–Crippen LogP) is 5.64. The molecule has 1 N–H and O–H groups in total. The number of alkyl halides is 3. The first kappa shape index (κ1) is 21.4. The van der Waals surface area contributed by atoms with Crippen molar-refractivity contribution in [2.24, 2.45) is 5.92 Å². The summed E-state index contributed by atoms with van der Waals surface area (Å²) >= 11 is 0. The Morgan fingerprint density at radius 2 is 1.84 bits per heavy atom. The molecule has 1 aliphatic carbocycles. The van der Waals surface area contributed by atoms with E-state index in [4.69, 9.17) is 0 Å². The van der Waals surface area contributed by atoms with Crippen LogP contribution in [0.3, 0.4) is 0 Å². The number of carbonyl (C=O) groups excluding carboxylic acids is 1. The molecule has 1 saturated carbocycles. The zero-order chi connectivity index (χ0) is 22.0. The van der Waals surface area contributed by atoms with E-state index >= 15 is 0 Å². The van der Waals surface area contributed by atoms with E-state index in [1.807, 2.05) is 12.1 Å². The topological polar surface area (TPSA) is 46.4 Å². The van der Waals surface area contributed by atoms with Crippen molar-refractivity contribution in [3.8, 4) is 0 Å². The lowest BCUT2D eigenvalue weighted by Gasteiger charge is -2.28. The van der Waals surface area contributed by atoms with Gasteiger partial charge in [0.1, 0.15) is 0 Å². The van der Waals surface area contributed by atoms with Crippen molar-refractivity contribution in [2.75, 3.05) is 0 Å². The van der Waals surface area contributed by atoms with Crippen molar-refractivity contribution >= 4 is 11.4 Å². The molecule has 1 aliphatic rings. The van der Waals surface area contributed by atoms with E-state index < -0.39 is 11.7 Å². The zero-order valence-corrected chi connectivity index (χ0v) is 17.5. The van der Waals surface area contributed by atoms with Gasteiger partial charge in [-0.2, -0.15) is 18.3 Å². The van der Waals surface area contributed by atoms with Crippen LogP contribution >= 0.6 is 0 Å². The molecule has 0 spiro atoms. The highest BCUT2D eigenvalue weighted by molar-refractivity contribution is 6.01. The number of rotatable bonds is 5. The molecule has 4 nitrogen and oxygen atoms in total. The minimum Gasteiger partial charge on any atom is -0.349 e. The van der Waals surface area contributed by atoms with E-state index in [0.29, 0.717) is 17.5 Å². The number of pyridine rings is 1. The standard InChI is InChI=1S/C24H26F3N3O/c1-2-16-7-11-20(12-8-16)29-23(31)21-15-28-30-13-3-4-18(22(21)30)14-17-5-9-19(10-6-17)24(25,26)27/h3-6,9-10,13,15-16,20H,2,7-8,11-12,14H2,1H3,(H,29,31). The maximum atomic E-state index is 13.0. The van der Waals surface area contributed by atoms with Crippen LogP contribution in [0.4, 0.5) is 13.2 Å². The third kappa shape index (κ3) is 4.75. The maximum Gasteiger partial charge on any atom is 0.416 e. The molecular weight excluding hydrogens is 403 g/mol. The number of nitrogens with one attached hydrogen (secondary N) is 1. The second kappa shape index (κ2) is 8.73. The number of aromatic nitrogens is 2. The molecular formula is C24H26F3N3O. The SMILES string of the molecule is CCC1CCC(NC(=O)c2cnn3cccc(Cc4ccc(C(F)(F)F)cc4)c23)CC1. The van der Waals surface area contributed by atoms with Gasteiger partial charge in [-0.05, 0) is 67.3 Å². The summed E-state index contributed by atoms with van der Waals surface area (Å²) in [5.74, 6) is 0.607. The van der Waals surface area contributed by atoms with Crippen LogP contribution < -0.4 is 5.32 Å². The van der Waals surface area contributed by atoms with Crippen molar-refractivity contribution in [1.29, 1.82) is 0 Å². The van der Waals surface area contributed by atoms with Gasteiger partial charge in [0.2, 0.25) is 0 Å². The Hall–Kier alpha value is -2.83. The highest BCUT2D eigenvalue weighted by atomic mass is 19.4. The third-order valence-electron chi connectivity index (χ3n) is 6.30. The number of halogens is 3. The molecule has 164 valence electrons. The molecule has 2 aromatic heterocycles. The molecule has 7 heteroatoms. The molecule has 0 radical (unpaired) electrons. The van der Waals surface area contributed by atoms with E-state index in [-0.39, 0.29) is 11.9 Å². The number of fused-ring (bicyclic) bond motifs is 1. The van der Waals surface area contributed by atoms with Gasteiger partial charge in [0.15, 0.2) is 0 Å². The van der Waals surface area contributed by atoms with Gasteiger partial charge in [0, 0.05) is 12.2 Å². The first-order valence-corrected chi connectivity index (χ1v) is 10.8. The number of benzene rings is 1. The van der Waals surface area contributed by atoms with Gasteiger partial charge in [-0.25, -0.2) is 4.52 Å². The molecule has 1 aromatic carbocycles. The van der Waals surface area contributed by atoms with Crippen molar-refractivity contribution in [3.05, 3.63) is 71.0 Å². The molecule has 1 amide bonds. The summed E-state index contributed by atoms with van der Waals surface area (Å²) < 4.78 is 40.2. The Labute approximate surface area is 179 Å². The lowest BCUT2D eigenvalue weighted by atomic mass is 9.84. The average Bonchev–Trinajstić information content (AvgIpc) is 3.19. The highest BCUT2D eigenvalue weighted by Gasteiger charge is 2.30. The number of nitrogens with zero attached hydrogens (tertiary/aromatic N) is 2. The van der Waals surface area contributed by atoms with Crippen molar-refractivity contribution in [2.45, 2.75) is 57.7 Å². The van der Waals surface area contributed by atoms with Crippen LogP contribution in [-0.4, -0.2) is 21.6 Å². The van der Waals surface area contributed by atoms with Gasteiger partial charge >= 0.3 is 6.18 Å². The number of hydrogen-bond acceptors (Lipinski definition) is 2. The molecule has 31 heavy (non-hydrogen) atoms. The van der Waals surface area contributed by atoms with Crippen LogP contribution in [-0.2, 0) is 12.6 Å². The first-order valence-electron chi connectivity index (χ1n) is 10.8. The monoisotopic (exact) mass is 429 g/mol. The van der Waals surface area contributed by atoms with Crippen molar-refractivity contribution in [3.63, 3.8) is 0 Å². The summed E-state index contributed by atoms with van der Waals surface area (Å²) in [6, 6.07) is 9.03. The van der Waals surface area contributed by atoms with Crippen LogP contribution in [0.1, 0.15) is 66.1 Å². The lowest BCUT2D eigenvalue weighted by Crippen LogP contribution is -2.37. The van der Waals surface area contributed by atoms with E-state index in [1.54, 1.807) is 16.9 Å². The average molecular weight is 429 g/mol. The minimum atomic E-state index is -4.36. The highest BCUT2D eigenvalue weighted by Crippen LogP contribution is 2.30. The third-order valence-corrected chi connectivity index (χ3v) is 6.30. The summed E-state index contributed by atoms with van der Waals surface area (Å²) in [4.78, 5) is 13.0. The lowest BCUT2D eigenvalue weighted by molar-refractivity contribution is -0.137. The molecule has 3 aromatic rings.